The molecule has 0 bridgehead atoms. The number of benzene rings is 2. The van der Waals surface area contributed by atoms with Gasteiger partial charge in [0.15, 0.2) is 16.3 Å². The van der Waals surface area contributed by atoms with Crippen molar-refractivity contribution in [2.45, 2.75) is 13.0 Å². The minimum atomic E-state index is -0.655. The minimum absolute atomic E-state index is 0.214. The molecule has 3 heterocycles. The number of rotatable bonds is 7. The summed E-state index contributed by atoms with van der Waals surface area (Å²) in [5.74, 6) is 0.680. The van der Waals surface area contributed by atoms with Crippen LogP contribution in [-0.2, 0) is 9.53 Å². The normalized spacial score (nSPS) is 15.2. The van der Waals surface area contributed by atoms with Crippen LogP contribution in [0.1, 0.15) is 29.0 Å². The maximum atomic E-state index is 13.8. The predicted molar refractivity (Wildman–Crippen MR) is 145 cm³/mol. The van der Waals surface area contributed by atoms with Crippen molar-refractivity contribution >= 4 is 40.4 Å². The highest BCUT2D eigenvalue weighted by atomic mass is 32.1. The van der Waals surface area contributed by atoms with Crippen LogP contribution in [0.25, 0.3) is 11.8 Å². The molecule has 0 aliphatic carbocycles. The zero-order valence-corrected chi connectivity index (χ0v) is 22.1. The molecule has 0 amide bonds. The molecule has 188 valence electrons. The Morgan fingerprint density at radius 2 is 1.84 bits per heavy atom. The maximum absolute atomic E-state index is 13.8. The number of carbonyl (C=O) groups is 1. The molecule has 0 spiro atoms. The lowest BCUT2D eigenvalue weighted by atomic mass is 9.97. The molecule has 1 unspecified atom stereocenters. The Bertz CT molecular complexity index is 1650. The number of methoxy groups -OCH3 is 2. The van der Waals surface area contributed by atoms with E-state index in [1.807, 2.05) is 60.0 Å². The van der Waals surface area contributed by atoms with Crippen LogP contribution < -0.4 is 24.4 Å². The number of esters is 1. The van der Waals surface area contributed by atoms with Crippen molar-refractivity contribution in [3.8, 4) is 11.5 Å². The van der Waals surface area contributed by atoms with Gasteiger partial charge in [-0.2, -0.15) is 0 Å². The number of thiophene rings is 1. The SMILES string of the molecule is CCOC(=O)C1=C(c2ccccc2)N=c2sc(=Cc3ccc(OC)c(OC)c3)c(=O)n2C1c1cccs1. The van der Waals surface area contributed by atoms with Gasteiger partial charge in [-0.25, -0.2) is 9.79 Å². The maximum Gasteiger partial charge on any atom is 0.338 e. The van der Waals surface area contributed by atoms with Crippen LogP contribution in [0.3, 0.4) is 0 Å². The quantitative estimate of drug-likeness (QED) is 0.336. The van der Waals surface area contributed by atoms with Gasteiger partial charge in [0.1, 0.15) is 6.04 Å². The summed E-state index contributed by atoms with van der Waals surface area (Å²) < 4.78 is 18.3. The van der Waals surface area contributed by atoms with E-state index in [0.717, 1.165) is 16.0 Å². The molecule has 0 N–H and O–H groups in total. The van der Waals surface area contributed by atoms with Crippen LogP contribution in [0.4, 0.5) is 0 Å². The van der Waals surface area contributed by atoms with E-state index in [4.69, 9.17) is 19.2 Å². The first-order valence-electron chi connectivity index (χ1n) is 11.6. The monoisotopic (exact) mass is 532 g/mol. The Hall–Kier alpha value is -3.95. The molecule has 9 heteroatoms. The highest BCUT2D eigenvalue weighted by Crippen LogP contribution is 2.36. The molecule has 0 saturated heterocycles. The van der Waals surface area contributed by atoms with Crippen molar-refractivity contribution in [1.82, 2.24) is 4.57 Å². The molecule has 0 fully saturated rings. The van der Waals surface area contributed by atoms with Crippen molar-refractivity contribution in [2.75, 3.05) is 20.8 Å². The highest BCUT2D eigenvalue weighted by Gasteiger charge is 2.35. The number of ether oxygens (including phenoxy) is 3. The third-order valence-corrected chi connectivity index (χ3v) is 7.80. The van der Waals surface area contributed by atoms with E-state index in [1.54, 1.807) is 37.9 Å². The summed E-state index contributed by atoms with van der Waals surface area (Å²) in [6.07, 6.45) is 1.80. The van der Waals surface area contributed by atoms with Crippen LogP contribution in [0.5, 0.6) is 11.5 Å². The molecule has 5 rings (SSSR count). The number of nitrogens with zero attached hydrogens (tertiary/aromatic N) is 2. The fraction of sp³-hybridized carbons (Fsp3) is 0.179. The van der Waals surface area contributed by atoms with E-state index < -0.39 is 12.0 Å². The molecule has 1 aliphatic rings. The second-order valence-electron chi connectivity index (χ2n) is 8.06. The lowest BCUT2D eigenvalue weighted by molar-refractivity contribution is -0.138. The van der Waals surface area contributed by atoms with Crippen molar-refractivity contribution in [3.05, 3.63) is 107 Å². The lowest BCUT2D eigenvalue weighted by Crippen LogP contribution is -2.39. The Morgan fingerprint density at radius 1 is 1.05 bits per heavy atom. The summed E-state index contributed by atoms with van der Waals surface area (Å²) in [6, 6.07) is 18.1. The van der Waals surface area contributed by atoms with Crippen molar-refractivity contribution < 1.29 is 19.0 Å². The van der Waals surface area contributed by atoms with Crippen molar-refractivity contribution in [3.63, 3.8) is 0 Å². The molecule has 2 aromatic carbocycles. The third kappa shape index (κ3) is 4.63. The number of thiazole rings is 1. The average Bonchev–Trinajstić information content (AvgIpc) is 3.56. The third-order valence-electron chi connectivity index (χ3n) is 5.89. The fourth-order valence-corrected chi connectivity index (χ4v) is 6.07. The molecule has 1 aliphatic heterocycles. The van der Waals surface area contributed by atoms with E-state index in [-0.39, 0.29) is 12.2 Å². The summed E-state index contributed by atoms with van der Waals surface area (Å²) in [5, 5.41) is 1.93. The molecule has 2 aromatic heterocycles. The number of fused-ring (bicyclic) bond motifs is 1. The Balaban J connectivity index is 1.77. The van der Waals surface area contributed by atoms with Gasteiger partial charge >= 0.3 is 5.97 Å². The summed E-state index contributed by atoms with van der Waals surface area (Å²) in [7, 11) is 3.14. The van der Waals surface area contributed by atoms with E-state index in [0.29, 0.717) is 32.1 Å². The van der Waals surface area contributed by atoms with E-state index in [2.05, 4.69) is 0 Å². The molecular formula is C28H24N2O5S2. The van der Waals surface area contributed by atoms with E-state index >= 15 is 0 Å². The molecule has 0 saturated carbocycles. The van der Waals surface area contributed by atoms with Crippen molar-refractivity contribution in [2.24, 2.45) is 4.99 Å². The van der Waals surface area contributed by atoms with Gasteiger partial charge in [0.2, 0.25) is 0 Å². The zero-order chi connectivity index (χ0) is 25.9. The molecule has 0 radical (unpaired) electrons. The molecule has 4 aromatic rings. The average molecular weight is 533 g/mol. The van der Waals surface area contributed by atoms with Gasteiger partial charge in [0.25, 0.3) is 5.56 Å². The first-order valence-corrected chi connectivity index (χ1v) is 13.3. The zero-order valence-electron chi connectivity index (χ0n) is 20.5. The predicted octanol–water partition coefficient (Wildman–Crippen LogP) is 4.01. The Labute approximate surface area is 221 Å². The summed E-state index contributed by atoms with van der Waals surface area (Å²) in [5.41, 5.74) is 2.19. The standard InChI is InChI=1S/C28H24N2O5S2/c1-4-35-27(32)23-24(18-9-6-5-7-10-18)29-28-30(25(23)21-11-8-14-36-21)26(31)22(37-28)16-17-12-13-19(33-2)20(15-17)34-3/h5-16,25H,4H2,1-3H3. The summed E-state index contributed by atoms with van der Waals surface area (Å²) in [4.78, 5) is 33.4. The summed E-state index contributed by atoms with van der Waals surface area (Å²) in [6.45, 7) is 1.98. The number of carbonyl (C=O) groups excluding carboxylic acids is 1. The number of hydrogen-bond donors (Lipinski definition) is 0. The summed E-state index contributed by atoms with van der Waals surface area (Å²) >= 11 is 2.76. The van der Waals surface area contributed by atoms with E-state index in [1.165, 1.54) is 22.7 Å². The topological polar surface area (TPSA) is 79.1 Å². The largest absolute Gasteiger partial charge is 0.493 e. The molecule has 7 nitrogen and oxygen atoms in total. The molecule has 37 heavy (non-hydrogen) atoms. The van der Waals surface area contributed by atoms with Crippen molar-refractivity contribution in [1.29, 1.82) is 0 Å². The highest BCUT2D eigenvalue weighted by molar-refractivity contribution is 7.10. The second-order valence-corrected chi connectivity index (χ2v) is 10.0. The van der Waals surface area contributed by atoms with Crippen LogP contribution in [-0.4, -0.2) is 31.4 Å². The Morgan fingerprint density at radius 3 is 2.51 bits per heavy atom. The lowest BCUT2D eigenvalue weighted by Gasteiger charge is -2.24. The number of hydrogen-bond acceptors (Lipinski definition) is 8. The van der Waals surface area contributed by atoms with Crippen LogP contribution >= 0.6 is 22.7 Å². The van der Waals surface area contributed by atoms with Gasteiger partial charge in [-0.15, -0.1) is 11.3 Å². The van der Waals surface area contributed by atoms with Gasteiger partial charge in [-0.05, 0) is 42.1 Å². The van der Waals surface area contributed by atoms with E-state index in [9.17, 15) is 9.59 Å². The van der Waals surface area contributed by atoms with Gasteiger partial charge in [0.05, 0.1) is 36.6 Å². The second kappa shape index (κ2) is 10.6. The molecular weight excluding hydrogens is 508 g/mol. The number of aromatic nitrogens is 1. The van der Waals surface area contributed by atoms with Gasteiger partial charge in [-0.1, -0.05) is 53.8 Å². The van der Waals surface area contributed by atoms with Gasteiger partial charge < -0.3 is 14.2 Å². The van der Waals surface area contributed by atoms with Crippen LogP contribution in [0, 0.1) is 0 Å². The smallest absolute Gasteiger partial charge is 0.338 e. The first-order chi connectivity index (χ1) is 18.0. The first kappa shape index (κ1) is 24.7. The molecule has 1 atom stereocenters. The van der Waals surface area contributed by atoms with Crippen LogP contribution in [0.2, 0.25) is 0 Å². The van der Waals surface area contributed by atoms with Gasteiger partial charge in [-0.3, -0.25) is 9.36 Å². The van der Waals surface area contributed by atoms with Crippen LogP contribution in [0.15, 0.2) is 81.4 Å². The fourth-order valence-electron chi connectivity index (χ4n) is 4.25. The Kier molecular flexibility index (Phi) is 7.07. The minimum Gasteiger partial charge on any atom is -0.493 e. The van der Waals surface area contributed by atoms with Gasteiger partial charge in [0, 0.05) is 10.4 Å².